The maximum atomic E-state index is 13.9. The van der Waals surface area contributed by atoms with Crippen LogP contribution < -0.4 is 40.1 Å². The third-order valence-electron chi connectivity index (χ3n) is 14.5. The van der Waals surface area contributed by atoms with Gasteiger partial charge in [0.25, 0.3) is 0 Å². The molecule has 4 N–H and O–H groups in total. The Hall–Kier alpha value is -6.45. The van der Waals surface area contributed by atoms with Crippen molar-refractivity contribution in [2.75, 3.05) is 91.3 Å². The first-order valence-corrected chi connectivity index (χ1v) is 23.0. The molecular formula is C48H58N10O6. The van der Waals surface area contributed by atoms with Crippen molar-refractivity contribution in [3.63, 3.8) is 0 Å². The van der Waals surface area contributed by atoms with E-state index in [2.05, 4.69) is 59.4 Å². The van der Waals surface area contributed by atoms with Gasteiger partial charge in [0, 0.05) is 95.5 Å². The number of aromatic hydroxyl groups is 1. The molecule has 336 valence electrons. The number of carbonyl (C=O) groups excluding carboxylic acids is 3. The Kier molecular flexibility index (Phi) is 11.2. The average molecular weight is 871 g/mol. The van der Waals surface area contributed by atoms with E-state index in [4.69, 9.17) is 15.2 Å². The number of para-hydroxylation sites is 2. The van der Waals surface area contributed by atoms with Gasteiger partial charge in [0.1, 0.15) is 30.3 Å². The lowest BCUT2D eigenvalue weighted by Crippen LogP contribution is -2.66. The lowest BCUT2D eigenvalue weighted by atomic mass is 9.73. The predicted octanol–water partition coefficient (Wildman–Crippen LogP) is 5.25. The number of ether oxygens (including phenoxy) is 2. The second-order valence-electron chi connectivity index (χ2n) is 18.2. The van der Waals surface area contributed by atoms with Crippen LogP contribution in [0.2, 0.25) is 0 Å². The van der Waals surface area contributed by atoms with E-state index >= 15 is 0 Å². The molecule has 1 spiro atoms. The van der Waals surface area contributed by atoms with Crippen molar-refractivity contribution in [2.45, 2.75) is 81.5 Å². The molecule has 6 aliphatic rings. The van der Waals surface area contributed by atoms with Gasteiger partial charge in [0.15, 0.2) is 11.6 Å². The van der Waals surface area contributed by atoms with Crippen LogP contribution in [0.4, 0.5) is 33.4 Å². The third-order valence-corrected chi connectivity index (χ3v) is 14.5. The fourth-order valence-corrected chi connectivity index (χ4v) is 10.8. The van der Waals surface area contributed by atoms with Gasteiger partial charge in [-0.15, -0.1) is 10.2 Å². The summed E-state index contributed by atoms with van der Waals surface area (Å²) in [6.45, 7) is 6.30. The highest BCUT2D eigenvalue weighted by molar-refractivity contribution is 6.02. The molecule has 4 saturated heterocycles. The van der Waals surface area contributed by atoms with Crippen molar-refractivity contribution in [3.05, 3.63) is 72.8 Å². The molecule has 0 bridgehead atoms. The molecule has 10 rings (SSSR count). The van der Waals surface area contributed by atoms with Crippen LogP contribution in [0.5, 0.6) is 17.2 Å². The van der Waals surface area contributed by atoms with Crippen LogP contribution in [0.1, 0.15) is 57.8 Å². The maximum absolute atomic E-state index is 13.9. The molecule has 1 saturated carbocycles. The number of hydrogen-bond acceptors (Lipinski definition) is 13. The van der Waals surface area contributed by atoms with Crippen molar-refractivity contribution in [2.24, 2.45) is 0 Å². The summed E-state index contributed by atoms with van der Waals surface area (Å²) in [6, 6.07) is 23.5. The first-order chi connectivity index (χ1) is 31.1. The number of nitrogens with zero attached hydrogens (tertiary/aromatic N) is 8. The van der Waals surface area contributed by atoms with E-state index in [1.54, 1.807) is 12.1 Å². The number of phenolic OH excluding ortho intramolecular Hbond substituents is 1. The maximum Gasteiger partial charge on any atom is 0.319 e. The van der Waals surface area contributed by atoms with Crippen LogP contribution in [0, 0.1) is 0 Å². The Morgan fingerprint density at radius 1 is 0.859 bits per heavy atom. The summed E-state index contributed by atoms with van der Waals surface area (Å²) in [5.74, 6) is 1.72. The highest BCUT2D eigenvalue weighted by Crippen LogP contribution is 2.46. The van der Waals surface area contributed by atoms with Gasteiger partial charge in [-0.2, -0.15) is 0 Å². The summed E-state index contributed by atoms with van der Waals surface area (Å²) in [5, 5.41) is 21.6. The van der Waals surface area contributed by atoms with Gasteiger partial charge in [-0.1, -0.05) is 24.3 Å². The van der Waals surface area contributed by atoms with Crippen LogP contribution in [0.3, 0.4) is 0 Å². The summed E-state index contributed by atoms with van der Waals surface area (Å²) < 4.78 is 12.9. The minimum absolute atomic E-state index is 0.0210. The molecule has 4 aromatic rings. The van der Waals surface area contributed by atoms with Gasteiger partial charge in [-0.3, -0.25) is 14.9 Å². The number of phenols is 1. The van der Waals surface area contributed by atoms with Gasteiger partial charge >= 0.3 is 6.03 Å². The zero-order valence-corrected chi connectivity index (χ0v) is 36.5. The molecular weight excluding hydrogens is 813 g/mol. The Bertz CT molecular complexity index is 2400. The third kappa shape index (κ3) is 7.91. The number of likely N-dealkylation sites (tertiary alicyclic amines) is 1. The fourth-order valence-electron chi connectivity index (χ4n) is 10.8. The number of rotatable bonds is 8. The summed E-state index contributed by atoms with van der Waals surface area (Å²) >= 11 is 0. The molecule has 5 fully saturated rings. The number of piperidine rings is 3. The zero-order chi connectivity index (χ0) is 44.0. The molecule has 6 heterocycles. The van der Waals surface area contributed by atoms with Crippen molar-refractivity contribution in [1.82, 2.24) is 25.3 Å². The van der Waals surface area contributed by atoms with Crippen molar-refractivity contribution < 1.29 is 29.0 Å². The molecule has 1 aromatic heterocycles. The molecule has 16 heteroatoms. The van der Waals surface area contributed by atoms with Gasteiger partial charge < -0.3 is 49.7 Å². The number of nitrogen functional groups attached to an aromatic ring is 1. The quantitative estimate of drug-likeness (QED) is 0.196. The number of nitrogens with two attached hydrogens (primary N) is 1. The number of anilines is 5. The number of nitrogens with one attached hydrogen (secondary N) is 1. The number of carbonyl (C=O) groups is 3. The van der Waals surface area contributed by atoms with E-state index < -0.39 is 6.04 Å². The van der Waals surface area contributed by atoms with E-state index in [1.165, 1.54) is 6.42 Å². The fraction of sp³-hybridized carbons (Fsp3) is 0.479. The normalized spacial score (nSPS) is 21.5. The van der Waals surface area contributed by atoms with E-state index in [0.717, 1.165) is 105 Å². The Morgan fingerprint density at radius 3 is 2.41 bits per heavy atom. The van der Waals surface area contributed by atoms with Crippen molar-refractivity contribution >= 4 is 46.4 Å². The molecule has 4 amide bonds. The Balaban J connectivity index is 0.722. The number of imide groups is 1. The number of aromatic nitrogens is 2. The summed E-state index contributed by atoms with van der Waals surface area (Å²) in [6.07, 6.45) is 7.38. The number of amides is 4. The summed E-state index contributed by atoms with van der Waals surface area (Å²) in [7, 11) is 1.94. The standard InChI is InChI=1S/C48H58N10O6/c1-53(32-15-21-54(22-16-32)38-10-5-11-39-44(38)63-28-27-57(39)40-13-14-43(60)50-46(40)61)47(62)55-23-17-34(18-24-55)64-35-8-4-7-33(29-35)58-26-25-56(31-48(58)19-6-20-48)41-30-37(51-52-45(41)49)36-9-2-3-12-42(36)59/h2-5,7-12,29-30,32,34,40,59H,6,13-28,31H2,1H3,(H2,49,52)(H,50,60,61)/t40-/m0/s1. The lowest BCUT2D eigenvalue weighted by Gasteiger charge is -2.57. The summed E-state index contributed by atoms with van der Waals surface area (Å²) in [4.78, 5) is 51.6. The minimum atomic E-state index is -0.394. The van der Waals surface area contributed by atoms with Gasteiger partial charge in [-0.05, 0) is 81.0 Å². The topological polar surface area (TPSA) is 173 Å². The molecule has 1 aliphatic carbocycles. The van der Waals surface area contributed by atoms with E-state index in [1.807, 2.05) is 53.2 Å². The SMILES string of the molecule is CN(C(=O)N1CCC(Oc2cccc(N3CCN(c4cc(-c5ccccc5O)nnc4N)CC34CCC4)c2)CC1)C1CCN(c2cccc3c2OCCN3[C@H]2CCC(=O)NC2=O)CC1. The number of benzene rings is 3. The molecule has 5 aliphatic heterocycles. The zero-order valence-electron chi connectivity index (χ0n) is 36.5. The number of piperazine rings is 1. The van der Waals surface area contributed by atoms with Crippen molar-refractivity contribution in [3.8, 4) is 28.5 Å². The number of fused-ring (bicyclic) bond motifs is 1. The highest BCUT2D eigenvalue weighted by Gasteiger charge is 2.47. The first kappa shape index (κ1) is 41.6. The molecule has 1 atom stereocenters. The average Bonchev–Trinajstić information content (AvgIpc) is 3.31. The molecule has 16 nitrogen and oxygen atoms in total. The van der Waals surface area contributed by atoms with Crippen molar-refractivity contribution in [1.29, 1.82) is 0 Å². The van der Waals surface area contributed by atoms with Gasteiger partial charge in [-0.25, -0.2) is 4.79 Å². The Morgan fingerprint density at radius 2 is 1.64 bits per heavy atom. The molecule has 0 radical (unpaired) electrons. The predicted molar refractivity (Wildman–Crippen MR) is 245 cm³/mol. The summed E-state index contributed by atoms with van der Waals surface area (Å²) in [5.41, 5.74) is 11.5. The van der Waals surface area contributed by atoms with Gasteiger partial charge in [0.2, 0.25) is 11.8 Å². The van der Waals surface area contributed by atoms with Crippen LogP contribution in [0.15, 0.2) is 72.8 Å². The molecule has 3 aromatic carbocycles. The smallest absolute Gasteiger partial charge is 0.319 e. The van der Waals surface area contributed by atoms with Crippen LogP contribution in [-0.2, 0) is 9.59 Å². The second-order valence-corrected chi connectivity index (χ2v) is 18.2. The number of hydrogen-bond donors (Lipinski definition) is 3. The second kappa shape index (κ2) is 17.3. The number of urea groups is 1. The van der Waals surface area contributed by atoms with Crippen LogP contribution in [-0.4, -0.2) is 133 Å². The largest absolute Gasteiger partial charge is 0.507 e. The monoisotopic (exact) mass is 870 g/mol. The van der Waals surface area contributed by atoms with E-state index in [-0.39, 0.29) is 41.3 Å². The Labute approximate surface area is 373 Å². The molecule has 0 unspecified atom stereocenters. The lowest BCUT2D eigenvalue weighted by molar-refractivity contribution is -0.134. The van der Waals surface area contributed by atoms with Crippen LogP contribution >= 0.6 is 0 Å². The molecule has 64 heavy (non-hydrogen) atoms. The van der Waals surface area contributed by atoms with E-state index in [9.17, 15) is 19.5 Å². The van der Waals surface area contributed by atoms with E-state index in [0.29, 0.717) is 56.2 Å². The van der Waals surface area contributed by atoms with Crippen LogP contribution in [0.25, 0.3) is 11.3 Å². The van der Waals surface area contributed by atoms with Gasteiger partial charge in [0.05, 0.1) is 34.8 Å². The highest BCUT2D eigenvalue weighted by atomic mass is 16.5. The minimum Gasteiger partial charge on any atom is -0.507 e. The first-order valence-electron chi connectivity index (χ1n) is 23.0.